The van der Waals surface area contributed by atoms with Crippen LogP contribution in [0.1, 0.15) is 71.6 Å². The minimum Gasteiger partial charge on any atom is -0.396 e. The predicted octanol–water partition coefficient (Wildman–Crippen LogP) is 3.75. The third-order valence-corrected chi connectivity index (χ3v) is 8.48. The fraction of sp³-hybridized carbons (Fsp3) is 1.00. The Labute approximate surface area is 129 Å². The van der Waals surface area contributed by atoms with Gasteiger partial charge in [0.25, 0.3) is 0 Å². The highest BCUT2D eigenvalue weighted by Gasteiger charge is 2.64. The van der Waals surface area contributed by atoms with Gasteiger partial charge < -0.3 is 10.2 Å². The van der Waals surface area contributed by atoms with Gasteiger partial charge in [-0.2, -0.15) is 0 Å². The van der Waals surface area contributed by atoms with Crippen molar-refractivity contribution in [3.05, 3.63) is 0 Å². The van der Waals surface area contributed by atoms with E-state index in [0.717, 1.165) is 18.3 Å². The second-order valence-electron chi connectivity index (χ2n) is 9.41. The van der Waals surface area contributed by atoms with Gasteiger partial charge >= 0.3 is 0 Å². The van der Waals surface area contributed by atoms with Crippen molar-refractivity contribution in [3.8, 4) is 0 Å². The van der Waals surface area contributed by atoms with Crippen molar-refractivity contribution in [2.75, 3.05) is 6.61 Å². The minimum atomic E-state index is -0.444. The largest absolute Gasteiger partial charge is 0.396 e. The van der Waals surface area contributed by atoms with Crippen LogP contribution in [-0.2, 0) is 0 Å². The molecule has 0 aliphatic heterocycles. The van der Waals surface area contributed by atoms with Crippen molar-refractivity contribution >= 4 is 0 Å². The van der Waals surface area contributed by atoms with Gasteiger partial charge in [-0.3, -0.25) is 0 Å². The Kier molecular flexibility index (Phi) is 3.09. The Hall–Kier alpha value is -0.0800. The van der Waals surface area contributed by atoms with Gasteiger partial charge in [0.2, 0.25) is 0 Å². The molecule has 0 amide bonds. The highest BCUT2D eigenvalue weighted by molar-refractivity contribution is 5.13. The molecule has 0 unspecified atom stereocenters. The molecule has 4 rings (SSSR count). The number of aliphatic hydroxyl groups is 2. The summed E-state index contributed by atoms with van der Waals surface area (Å²) in [6.45, 7) is 5.00. The lowest BCUT2D eigenvalue weighted by atomic mass is 9.43. The lowest BCUT2D eigenvalue weighted by Crippen LogP contribution is -2.58. The minimum absolute atomic E-state index is 0.343. The van der Waals surface area contributed by atoms with Gasteiger partial charge in [0.1, 0.15) is 0 Å². The van der Waals surface area contributed by atoms with Crippen LogP contribution in [0.15, 0.2) is 0 Å². The second kappa shape index (κ2) is 4.47. The van der Waals surface area contributed by atoms with Gasteiger partial charge in [-0.1, -0.05) is 13.3 Å². The maximum Gasteiger partial charge on any atom is 0.0653 e. The standard InChI is InChI=1S/C19H32O2/c1-17-7-3-8-18(2,21)15(17)6-9-19-10-13(4-5-16(17)19)14(11-19)12-20/h13-16,20-21H,3-12H2,1-2H3/t13-,14+,15-,16-,17+,18-,19+/m0/s1. The molecule has 2 heteroatoms. The summed E-state index contributed by atoms with van der Waals surface area (Å²) in [6.07, 6.45) is 11.3. The molecule has 4 aliphatic carbocycles. The zero-order chi connectivity index (χ0) is 14.9. The van der Waals surface area contributed by atoms with Crippen LogP contribution in [0, 0.1) is 34.5 Å². The molecule has 1 spiro atoms. The van der Waals surface area contributed by atoms with Crippen LogP contribution in [0.3, 0.4) is 0 Å². The average molecular weight is 292 g/mol. The van der Waals surface area contributed by atoms with E-state index in [1.165, 1.54) is 51.4 Å². The normalized spacial score (nSPS) is 59.4. The highest BCUT2D eigenvalue weighted by atomic mass is 16.3. The summed E-state index contributed by atoms with van der Waals surface area (Å²) in [4.78, 5) is 0. The number of rotatable bonds is 1. The van der Waals surface area contributed by atoms with Gasteiger partial charge in [0, 0.05) is 6.61 Å². The zero-order valence-electron chi connectivity index (χ0n) is 13.8. The Balaban J connectivity index is 1.70. The molecule has 120 valence electrons. The Morgan fingerprint density at radius 2 is 1.76 bits per heavy atom. The Morgan fingerprint density at radius 3 is 2.52 bits per heavy atom. The summed E-state index contributed by atoms with van der Waals surface area (Å²) >= 11 is 0. The maximum atomic E-state index is 11.0. The lowest BCUT2D eigenvalue weighted by molar-refractivity contribution is -0.180. The number of fused-ring (bicyclic) bond motifs is 3. The van der Waals surface area contributed by atoms with Crippen LogP contribution in [0.4, 0.5) is 0 Å². The van der Waals surface area contributed by atoms with Crippen molar-refractivity contribution in [3.63, 3.8) is 0 Å². The fourth-order valence-corrected chi connectivity index (χ4v) is 7.77. The van der Waals surface area contributed by atoms with Crippen LogP contribution in [-0.4, -0.2) is 22.4 Å². The Bertz CT molecular complexity index is 431. The smallest absolute Gasteiger partial charge is 0.0653 e. The zero-order valence-corrected chi connectivity index (χ0v) is 13.8. The predicted molar refractivity (Wildman–Crippen MR) is 83.8 cm³/mol. The molecule has 0 heterocycles. The van der Waals surface area contributed by atoms with Crippen molar-refractivity contribution < 1.29 is 10.2 Å². The van der Waals surface area contributed by atoms with Gasteiger partial charge in [-0.25, -0.2) is 0 Å². The van der Waals surface area contributed by atoms with E-state index in [1.807, 2.05) is 0 Å². The van der Waals surface area contributed by atoms with E-state index in [2.05, 4.69) is 13.8 Å². The van der Waals surface area contributed by atoms with Crippen molar-refractivity contribution in [1.29, 1.82) is 0 Å². The number of hydrogen-bond acceptors (Lipinski definition) is 2. The van der Waals surface area contributed by atoms with E-state index >= 15 is 0 Å². The number of aliphatic hydroxyl groups excluding tert-OH is 1. The van der Waals surface area contributed by atoms with Crippen molar-refractivity contribution in [1.82, 2.24) is 0 Å². The van der Waals surface area contributed by atoms with Crippen LogP contribution in [0.25, 0.3) is 0 Å². The molecular weight excluding hydrogens is 260 g/mol. The van der Waals surface area contributed by atoms with Crippen LogP contribution >= 0.6 is 0 Å². The SMILES string of the molecule is C[C@@]12CCC[C@](C)(O)[C@H]1CC[C@@]13C[C@H](CO)[C@@H](CC[C@H]12)C3. The van der Waals surface area contributed by atoms with E-state index in [0.29, 0.717) is 29.3 Å². The first-order valence-electron chi connectivity index (χ1n) is 9.25. The average Bonchev–Trinajstić information content (AvgIpc) is 2.68. The molecule has 0 aromatic carbocycles. The van der Waals surface area contributed by atoms with E-state index in [9.17, 15) is 10.2 Å². The molecule has 0 aromatic rings. The second-order valence-corrected chi connectivity index (χ2v) is 9.41. The number of hydrogen-bond donors (Lipinski definition) is 2. The lowest BCUT2D eigenvalue weighted by Gasteiger charge is -2.63. The molecule has 21 heavy (non-hydrogen) atoms. The van der Waals surface area contributed by atoms with Crippen LogP contribution < -0.4 is 0 Å². The molecule has 0 saturated heterocycles. The van der Waals surface area contributed by atoms with Crippen LogP contribution in [0.5, 0.6) is 0 Å². The van der Waals surface area contributed by atoms with Crippen LogP contribution in [0.2, 0.25) is 0 Å². The summed E-state index contributed by atoms with van der Waals surface area (Å²) in [5.74, 6) is 2.65. The molecule has 4 aliphatic rings. The van der Waals surface area contributed by atoms with E-state index in [-0.39, 0.29) is 0 Å². The topological polar surface area (TPSA) is 40.5 Å². The fourth-order valence-electron chi connectivity index (χ4n) is 7.77. The molecular formula is C19H32O2. The molecule has 7 atom stereocenters. The Morgan fingerprint density at radius 1 is 0.952 bits per heavy atom. The molecule has 0 aromatic heterocycles. The monoisotopic (exact) mass is 292 g/mol. The molecule has 4 saturated carbocycles. The third-order valence-electron chi connectivity index (χ3n) is 8.48. The first-order chi connectivity index (χ1) is 9.91. The first kappa shape index (κ1) is 14.5. The highest BCUT2D eigenvalue weighted by Crippen LogP contribution is 2.71. The molecule has 2 N–H and O–H groups in total. The van der Waals surface area contributed by atoms with E-state index in [4.69, 9.17) is 0 Å². The van der Waals surface area contributed by atoms with Gasteiger partial charge in [-0.05, 0) is 92.8 Å². The van der Waals surface area contributed by atoms with E-state index in [1.54, 1.807) is 0 Å². The van der Waals surface area contributed by atoms with Gasteiger partial charge in [0.05, 0.1) is 5.60 Å². The summed E-state index contributed by atoms with van der Waals surface area (Å²) in [6, 6.07) is 0. The van der Waals surface area contributed by atoms with Gasteiger partial charge in [-0.15, -0.1) is 0 Å². The maximum absolute atomic E-state index is 11.0. The summed E-state index contributed by atoms with van der Waals surface area (Å²) in [5.41, 5.74) is 0.407. The molecule has 0 radical (unpaired) electrons. The van der Waals surface area contributed by atoms with Gasteiger partial charge in [0.15, 0.2) is 0 Å². The summed E-state index contributed by atoms with van der Waals surface area (Å²) < 4.78 is 0. The van der Waals surface area contributed by atoms with E-state index < -0.39 is 5.60 Å². The summed E-state index contributed by atoms with van der Waals surface area (Å²) in [5, 5.41) is 20.7. The quantitative estimate of drug-likeness (QED) is 0.772. The first-order valence-corrected chi connectivity index (χ1v) is 9.25. The van der Waals surface area contributed by atoms with Crippen molar-refractivity contribution in [2.24, 2.45) is 34.5 Å². The molecule has 2 nitrogen and oxygen atoms in total. The molecule has 2 bridgehead atoms. The molecule has 4 fully saturated rings. The summed E-state index contributed by atoms with van der Waals surface area (Å²) in [7, 11) is 0. The van der Waals surface area contributed by atoms with Crippen molar-refractivity contribution in [2.45, 2.75) is 77.2 Å². The third kappa shape index (κ3) is 1.84.